The Hall–Kier alpha value is -0.303. The SMILES string of the molecule is C#CCOCCO[Si](C(C)C)(C(C)C)C(C)C. The molecule has 0 aromatic heterocycles. The van der Waals surface area contributed by atoms with Crippen molar-refractivity contribution < 1.29 is 9.16 Å². The van der Waals surface area contributed by atoms with E-state index in [0.29, 0.717) is 36.4 Å². The maximum absolute atomic E-state index is 6.31. The number of rotatable bonds is 8. The molecule has 0 unspecified atom stereocenters. The van der Waals surface area contributed by atoms with Crippen LogP contribution in [0.3, 0.4) is 0 Å². The Balaban J connectivity index is 4.45. The highest BCUT2D eigenvalue weighted by Crippen LogP contribution is 2.41. The highest BCUT2D eigenvalue weighted by molar-refractivity contribution is 6.77. The third-order valence-electron chi connectivity index (χ3n) is 3.47. The summed E-state index contributed by atoms with van der Waals surface area (Å²) in [6.07, 6.45) is 5.13. The predicted octanol–water partition coefficient (Wildman–Crippen LogP) is 3.83. The zero-order valence-electron chi connectivity index (χ0n) is 12.2. The molecule has 0 atom stereocenters. The van der Waals surface area contributed by atoms with Gasteiger partial charge in [-0.05, 0) is 16.6 Å². The van der Waals surface area contributed by atoms with Crippen LogP contribution in [0.25, 0.3) is 0 Å². The van der Waals surface area contributed by atoms with Gasteiger partial charge in [-0.1, -0.05) is 47.5 Å². The second-order valence-corrected chi connectivity index (χ2v) is 10.9. The van der Waals surface area contributed by atoms with E-state index in [-0.39, 0.29) is 0 Å². The van der Waals surface area contributed by atoms with Crippen LogP contribution in [-0.2, 0) is 9.16 Å². The molecule has 0 aliphatic rings. The Morgan fingerprint density at radius 1 is 0.941 bits per heavy atom. The average molecular weight is 256 g/mol. The van der Waals surface area contributed by atoms with Gasteiger partial charge in [-0.25, -0.2) is 0 Å². The fourth-order valence-corrected chi connectivity index (χ4v) is 8.35. The Kier molecular flexibility index (Phi) is 7.77. The Morgan fingerprint density at radius 3 is 1.76 bits per heavy atom. The number of hydrogen-bond acceptors (Lipinski definition) is 2. The van der Waals surface area contributed by atoms with Gasteiger partial charge in [-0.15, -0.1) is 6.42 Å². The lowest BCUT2D eigenvalue weighted by Crippen LogP contribution is -2.48. The van der Waals surface area contributed by atoms with Gasteiger partial charge >= 0.3 is 0 Å². The topological polar surface area (TPSA) is 18.5 Å². The summed E-state index contributed by atoms with van der Waals surface area (Å²) in [4.78, 5) is 0. The highest BCUT2D eigenvalue weighted by atomic mass is 28.4. The average Bonchev–Trinajstić information content (AvgIpc) is 2.21. The van der Waals surface area contributed by atoms with Crippen LogP contribution in [-0.4, -0.2) is 28.1 Å². The molecule has 0 bridgehead atoms. The number of ether oxygens (including phenoxy) is 1. The molecule has 100 valence electrons. The molecule has 0 saturated heterocycles. The van der Waals surface area contributed by atoms with E-state index in [2.05, 4.69) is 47.5 Å². The van der Waals surface area contributed by atoms with Crippen LogP contribution >= 0.6 is 0 Å². The monoisotopic (exact) mass is 256 g/mol. The maximum atomic E-state index is 6.31. The zero-order chi connectivity index (χ0) is 13.5. The summed E-state index contributed by atoms with van der Waals surface area (Å²) in [6, 6.07) is 0. The minimum atomic E-state index is -1.72. The normalized spacial score (nSPS) is 12.5. The van der Waals surface area contributed by atoms with E-state index >= 15 is 0 Å². The molecule has 0 amide bonds. The molecule has 0 aliphatic heterocycles. The van der Waals surface area contributed by atoms with E-state index in [1.807, 2.05) is 0 Å². The van der Waals surface area contributed by atoms with Crippen molar-refractivity contribution in [1.82, 2.24) is 0 Å². The summed E-state index contributed by atoms with van der Waals surface area (Å²) in [6.45, 7) is 15.4. The summed E-state index contributed by atoms with van der Waals surface area (Å²) in [5.41, 5.74) is 1.86. The zero-order valence-corrected chi connectivity index (χ0v) is 13.2. The van der Waals surface area contributed by atoms with Gasteiger partial charge in [0, 0.05) is 0 Å². The summed E-state index contributed by atoms with van der Waals surface area (Å²) in [5.74, 6) is 2.47. The molecule has 0 aromatic rings. The van der Waals surface area contributed by atoms with Gasteiger partial charge < -0.3 is 9.16 Å². The minimum absolute atomic E-state index is 0.378. The number of hydrogen-bond donors (Lipinski definition) is 0. The molecule has 0 N–H and O–H groups in total. The molecule has 0 aromatic carbocycles. The lowest BCUT2D eigenvalue weighted by atomic mass is 10.5. The summed E-state index contributed by atoms with van der Waals surface area (Å²) in [7, 11) is -1.72. The van der Waals surface area contributed by atoms with Crippen molar-refractivity contribution in [2.45, 2.75) is 58.2 Å². The van der Waals surface area contributed by atoms with Crippen molar-refractivity contribution in [3.63, 3.8) is 0 Å². The Labute approximate surface area is 108 Å². The van der Waals surface area contributed by atoms with E-state index in [1.54, 1.807) is 0 Å². The standard InChI is InChI=1S/C14H28O2Si/c1-8-9-15-10-11-16-17(12(2)3,13(4)5)14(6)7/h1,12-14H,9-11H2,2-7H3. The van der Waals surface area contributed by atoms with Crippen LogP contribution in [0.5, 0.6) is 0 Å². The van der Waals surface area contributed by atoms with Crippen LogP contribution in [0.1, 0.15) is 41.5 Å². The lowest BCUT2D eigenvalue weighted by molar-refractivity contribution is 0.116. The first-order valence-corrected chi connectivity index (χ1v) is 8.68. The molecular formula is C14H28O2Si. The van der Waals surface area contributed by atoms with Crippen molar-refractivity contribution >= 4 is 8.32 Å². The quantitative estimate of drug-likeness (QED) is 0.373. The molecule has 17 heavy (non-hydrogen) atoms. The first-order chi connectivity index (χ1) is 7.89. The van der Waals surface area contributed by atoms with Crippen molar-refractivity contribution in [2.24, 2.45) is 0 Å². The predicted molar refractivity (Wildman–Crippen MR) is 76.7 cm³/mol. The van der Waals surface area contributed by atoms with E-state index in [0.717, 1.165) is 0 Å². The van der Waals surface area contributed by atoms with Crippen LogP contribution in [0.2, 0.25) is 16.6 Å². The van der Waals surface area contributed by atoms with Gasteiger partial charge in [0.25, 0.3) is 0 Å². The van der Waals surface area contributed by atoms with Crippen molar-refractivity contribution in [3.8, 4) is 12.3 Å². The fraction of sp³-hybridized carbons (Fsp3) is 0.857. The molecule has 0 rings (SSSR count). The maximum Gasteiger partial charge on any atom is 0.200 e. The van der Waals surface area contributed by atoms with Crippen molar-refractivity contribution in [3.05, 3.63) is 0 Å². The van der Waals surface area contributed by atoms with Crippen LogP contribution in [0, 0.1) is 12.3 Å². The molecule has 0 spiro atoms. The lowest BCUT2D eigenvalue weighted by Gasteiger charge is -2.42. The number of terminal acetylenes is 1. The molecule has 3 heteroatoms. The van der Waals surface area contributed by atoms with Crippen molar-refractivity contribution in [2.75, 3.05) is 19.8 Å². The van der Waals surface area contributed by atoms with Crippen molar-refractivity contribution in [1.29, 1.82) is 0 Å². The minimum Gasteiger partial charge on any atom is -0.414 e. The largest absolute Gasteiger partial charge is 0.414 e. The van der Waals surface area contributed by atoms with E-state index in [4.69, 9.17) is 15.6 Å². The van der Waals surface area contributed by atoms with Crippen LogP contribution in [0.15, 0.2) is 0 Å². The summed E-state index contributed by atoms with van der Waals surface area (Å²) < 4.78 is 11.6. The first kappa shape index (κ1) is 16.7. The second-order valence-electron chi connectivity index (χ2n) is 5.42. The first-order valence-electron chi connectivity index (χ1n) is 6.54. The summed E-state index contributed by atoms with van der Waals surface area (Å²) in [5, 5.41) is 0. The third-order valence-corrected chi connectivity index (χ3v) is 9.59. The van der Waals surface area contributed by atoms with E-state index in [9.17, 15) is 0 Å². The van der Waals surface area contributed by atoms with Gasteiger partial charge in [-0.3, -0.25) is 0 Å². The molecule has 0 heterocycles. The molecule has 0 aliphatic carbocycles. The molecular weight excluding hydrogens is 228 g/mol. The smallest absolute Gasteiger partial charge is 0.200 e. The van der Waals surface area contributed by atoms with Gasteiger partial charge in [0.05, 0.1) is 13.2 Å². The third kappa shape index (κ3) is 4.46. The Bertz CT molecular complexity index is 219. The summed E-state index contributed by atoms with van der Waals surface area (Å²) >= 11 is 0. The van der Waals surface area contributed by atoms with Crippen LogP contribution in [0.4, 0.5) is 0 Å². The van der Waals surface area contributed by atoms with E-state index < -0.39 is 8.32 Å². The van der Waals surface area contributed by atoms with Gasteiger partial charge in [-0.2, -0.15) is 0 Å². The second kappa shape index (κ2) is 7.92. The molecule has 0 fully saturated rings. The Morgan fingerprint density at radius 2 is 1.41 bits per heavy atom. The van der Waals surface area contributed by atoms with E-state index in [1.165, 1.54) is 0 Å². The molecule has 2 nitrogen and oxygen atoms in total. The molecule has 0 radical (unpaired) electrons. The fourth-order valence-electron chi connectivity index (χ4n) is 2.91. The van der Waals surface area contributed by atoms with Gasteiger partial charge in [0.2, 0.25) is 0 Å². The highest BCUT2D eigenvalue weighted by Gasteiger charge is 2.44. The molecule has 0 saturated carbocycles. The van der Waals surface area contributed by atoms with Gasteiger partial charge in [0.1, 0.15) is 6.61 Å². The van der Waals surface area contributed by atoms with Crippen LogP contribution < -0.4 is 0 Å². The van der Waals surface area contributed by atoms with Gasteiger partial charge in [0.15, 0.2) is 8.32 Å².